The molecule has 5 heteroatoms. The Labute approximate surface area is 124 Å². The molecule has 1 aromatic carbocycles. The van der Waals surface area contributed by atoms with Crippen molar-refractivity contribution in [3.05, 3.63) is 66.2 Å². The van der Waals surface area contributed by atoms with E-state index in [1.807, 2.05) is 71.3 Å². The molecular formula is C16H19N5. The third-order valence-electron chi connectivity index (χ3n) is 3.49. The molecule has 5 nitrogen and oxygen atoms in total. The number of aromatic nitrogens is 4. The molecule has 3 rings (SSSR count). The van der Waals surface area contributed by atoms with Crippen molar-refractivity contribution >= 4 is 0 Å². The van der Waals surface area contributed by atoms with Crippen molar-refractivity contribution in [2.75, 3.05) is 6.54 Å². The van der Waals surface area contributed by atoms with Crippen LogP contribution in [0.25, 0.3) is 5.69 Å². The van der Waals surface area contributed by atoms with Crippen LogP contribution in [-0.4, -0.2) is 26.1 Å². The molecule has 0 aliphatic heterocycles. The lowest BCUT2D eigenvalue weighted by atomic mass is 10.1. The van der Waals surface area contributed by atoms with E-state index in [0.717, 1.165) is 23.6 Å². The van der Waals surface area contributed by atoms with E-state index in [9.17, 15) is 0 Å². The van der Waals surface area contributed by atoms with Crippen molar-refractivity contribution in [1.29, 1.82) is 0 Å². The first kappa shape index (κ1) is 13.6. The Hall–Kier alpha value is -2.40. The summed E-state index contributed by atoms with van der Waals surface area (Å²) in [4.78, 5) is 0. The molecule has 0 aliphatic rings. The quantitative estimate of drug-likeness (QED) is 0.780. The fourth-order valence-corrected chi connectivity index (χ4v) is 2.45. The molecule has 0 bridgehead atoms. The molecule has 0 radical (unpaired) electrons. The van der Waals surface area contributed by atoms with E-state index >= 15 is 0 Å². The van der Waals surface area contributed by atoms with Crippen molar-refractivity contribution in [3.63, 3.8) is 0 Å². The monoisotopic (exact) mass is 281 g/mol. The molecule has 1 atom stereocenters. The van der Waals surface area contributed by atoms with Gasteiger partial charge in [0.15, 0.2) is 0 Å². The van der Waals surface area contributed by atoms with Crippen LogP contribution in [0.1, 0.15) is 24.4 Å². The third-order valence-corrected chi connectivity index (χ3v) is 3.49. The van der Waals surface area contributed by atoms with Gasteiger partial charge in [-0.1, -0.05) is 25.1 Å². The van der Waals surface area contributed by atoms with E-state index in [1.165, 1.54) is 0 Å². The highest BCUT2D eigenvalue weighted by molar-refractivity contribution is 5.31. The van der Waals surface area contributed by atoms with Gasteiger partial charge in [0.2, 0.25) is 0 Å². The molecule has 0 spiro atoms. The highest BCUT2D eigenvalue weighted by Gasteiger charge is 2.19. The highest BCUT2D eigenvalue weighted by Crippen LogP contribution is 2.20. The first-order valence-corrected chi connectivity index (χ1v) is 7.12. The SMILES string of the molecule is CCNC(c1ccn(-c2ccccc2)n1)c1ccnn1C. The Morgan fingerprint density at radius 2 is 1.95 bits per heavy atom. The van der Waals surface area contributed by atoms with E-state index < -0.39 is 0 Å². The first-order valence-electron chi connectivity index (χ1n) is 7.12. The van der Waals surface area contributed by atoms with Crippen molar-refractivity contribution < 1.29 is 0 Å². The fourth-order valence-electron chi connectivity index (χ4n) is 2.45. The van der Waals surface area contributed by atoms with Crippen LogP contribution < -0.4 is 5.32 Å². The summed E-state index contributed by atoms with van der Waals surface area (Å²) < 4.78 is 3.78. The van der Waals surface area contributed by atoms with Crippen molar-refractivity contribution in [2.45, 2.75) is 13.0 Å². The second-order valence-electron chi connectivity index (χ2n) is 4.89. The standard InChI is InChI=1S/C16H19N5/c1-3-17-16(15-9-11-18-20(15)2)14-10-12-21(19-14)13-7-5-4-6-8-13/h4-12,16-17H,3H2,1-2H3. The van der Waals surface area contributed by atoms with Crippen molar-refractivity contribution in [2.24, 2.45) is 7.05 Å². The van der Waals surface area contributed by atoms with Crippen molar-refractivity contribution in [1.82, 2.24) is 24.9 Å². The van der Waals surface area contributed by atoms with Gasteiger partial charge in [-0.3, -0.25) is 4.68 Å². The van der Waals surface area contributed by atoms with E-state index in [1.54, 1.807) is 0 Å². The maximum atomic E-state index is 4.71. The first-order chi connectivity index (χ1) is 10.3. The second kappa shape index (κ2) is 5.93. The van der Waals surface area contributed by atoms with Crippen molar-refractivity contribution in [3.8, 4) is 5.69 Å². The molecule has 2 heterocycles. The number of benzene rings is 1. The van der Waals surface area contributed by atoms with Crippen LogP contribution in [0, 0.1) is 0 Å². The number of rotatable bonds is 5. The summed E-state index contributed by atoms with van der Waals surface area (Å²) in [5.41, 5.74) is 3.16. The summed E-state index contributed by atoms with van der Waals surface area (Å²) in [6, 6.07) is 14.2. The van der Waals surface area contributed by atoms with Crippen LogP contribution in [0.2, 0.25) is 0 Å². The van der Waals surface area contributed by atoms with E-state index in [0.29, 0.717) is 0 Å². The van der Waals surface area contributed by atoms with Gasteiger partial charge in [-0.25, -0.2) is 4.68 Å². The highest BCUT2D eigenvalue weighted by atomic mass is 15.3. The van der Waals surface area contributed by atoms with E-state index in [-0.39, 0.29) is 6.04 Å². The van der Waals surface area contributed by atoms with Gasteiger partial charge in [0, 0.05) is 19.4 Å². The normalized spacial score (nSPS) is 12.5. The minimum absolute atomic E-state index is 0.0486. The molecule has 3 aromatic rings. The predicted octanol–water partition coefficient (Wildman–Crippen LogP) is 2.30. The Morgan fingerprint density at radius 1 is 1.14 bits per heavy atom. The number of nitrogens with one attached hydrogen (secondary N) is 1. The van der Waals surface area contributed by atoms with Gasteiger partial charge in [-0.2, -0.15) is 10.2 Å². The number of hydrogen-bond acceptors (Lipinski definition) is 3. The van der Waals surface area contributed by atoms with Gasteiger partial charge >= 0.3 is 0 Å². The van der Waals surface area contributed by atoms with Gasteiger partial charge < -0.3 is 5.32 Å². The molecule has 0 saturated carbocycles. The summed E-state index contributed by atoms with van der Waals surface area (Å²) in [6.45, 7) is 2.96. The lowest BCUT2D eigenvalue weighted by molar-refractivity contribution is 0.557. The second-order valence-corrected chi connectivity index (χ2v) is 4.89. The van der Waals surface area contributed by atoms with Gasteiger partial charge in [-0.15, -0.1) is 0 Å². The Morgan fingerprint density at radius 3 is 2.62 bits per heavy atom. The van der Waals surface area contributed by atoms with Crippen LogP contribution in [0.15, 0.2) is 54.9 Å². The van der Waals surface area contributed by atoms with Gasteiger partial charge in [0.25, 0.3) is 0 Å². The molecule has 21 heavy (non-hydrogen) atoms. The minimum atomic E-state index is 0.0486. The average molecular weight is 281 g/mol. The van der Waals surface area contributed by atoms with Crippen LogP contribution in [-0.2, 0) is 7.05 Å². The zero-order chi connectivity index (χ0) is 14.7. The molecule has 1 N–H and O–H groups in total. The zero-order valence-electron chi connectivity index (χ0n) is 12.3. The van der Waals surface area contributed by atoms with Gasteiger partial charge in [-0.05, 0) is 30.8 Å². The maximum absolute atomic E-state index is 4.71. The predicted molar refractivity (Wildman–Crippen MR) is 82.3 cm³/mol. The summed E-state index contributed by atoms with van der Waals surface area (Å²) in [5.74, 6) is 0. The number of aryl methyl sites for hydroxylation is 1. The van der Waals surface area contributed by atoms with Gasteiger partial charge in [0.1, 0.15) is 0 Å². The molecule has 108 valence electrons. The zero-order valence-corrected chi connectivity index (χ0v) is 12.3. The van der Waals surface area contributed by atoms with Crippen LogP contribution in [0.3, 0.4) is 0 Å². The molecule has 0 amide bonds. The lowest BCUT2D eigenvalue weighted by Crippen LogP contribution is -2.24. The molecule has 2 aromatic heterocycles. The Bertz CT molecular complexity index is 698. The number of nitrogens with zero attached hydrogens (tertiary/aromatic N) is 4. The van der Waals surface area contributed by atoms with Crippen LogP contribution in [0.4, 0.5) is 0 Å². The Kier molecular flexibility index (Phi) is 3.83. The van der Waals surface area contributed by atoms with E-state index in [4.69, 9.17) is 5.10 Å². The summed E-state index contributed by atoms with van der Waals surface area (Å²) in [5, 5.41) is 12.4. The van der Waals surface area contributed by atoms with Crippen LogP contribution in [0.5, 0.6) is 0 Å². The Balaban J connectivity index is 1.95. The number of hydrogen-bond donors (Lipinski definition) is 1. The number of para-hydroxylation sites is 1. The smallest absolute Gasteiger partial charge is 0.0940 e. The molecule has 1 unspecified atom stereocenters. The topological polar surface area (TPSA) is 47.7 Å². The maximum Gasteiger partial charge on any atom is 0.0940 e. The molecular weight excluding hydrogens is 262 g/mol. The summed E-state index contributed by atoms with van der Waals surface area (Å²) in [6.07, 6.45) is 3.80. The van der Waals surface area contributed by atoms with Crippen LogP contribution >= 0.6 is 0 Å². The molecule has 0 fully saturated rings. The van der Waals surface area contributed by atoms with E-state index in [2.05, 4.69) is 17.3 Å². The fraction of sp³-hybridized carbons (Fsp3) is 0.250. The summed E-state index contributed by atoms with van der Waals surface area (Å²) in [7, 11) is 1.95. The lowest BCUT2D eigenvalue weighted by Gasteiger charge is -2.16. The largest absolute Gasteiger partial charge is 0.304 e. The third kappa shape index (κ3) is 2.73. The summed E-state index contributed by atoms with van der Waals surface area (Å²) >= 11 is 0. The van der Waals surface area contributed by atoms with Gasteiger partial charge in [0.05, 0.1) is 23.1 Å². The minimum Gasteiger partial charge on any atom is -0.304 e. The average Bonchev–Trinajstić information content (AvgIpc) is 3.15. The molecule has 0 aliphatic carbocycles. The molecule has 0 saturated heterocycles.